The Morgan fingerprint density at radius 3 is 2.72 bits per heavy atom. The SMILES string of the molecule is C=C(C)CN(C)Cc1ccc(CNCC)cc1Br. The average Bonchev–Trinajstić information content (AvgIpc) is 2.28. The number of benzene rings is 1. The molecule has 0 spiro atoms. The van der Waals surface area contributed by atoms with Crippen LogP contribution >= 0.6 is 15.9 Å². The molecule has 0 heterocycles. The second kappa shape index (κ2) is 7.72. The molecule has 0 bridgehead atoms. The lowest BCUT2D eigenvalue weighted by Crippen LogP contribution is -2.20. The van der Waals surface area contributed by atoms with Gasteiger partial charge in [0, 0.05) is 24.1 Å². The monoisotopic (exact) mass is 310 g/mol. The Bertz CT molecular complexity index is 401. The van der Waals surface area contributed by atoms with Gasteiger partial charge in [-0.25, -0.2) is 0 Å². The molecule has 0 unspecified atom stereocenters. The minimum Gasteiger partial charge on any atom is -0.313 e. The Kier molecular flexibility index (Phi) is 6.61. The topological polar surface area (TPSA) is 15.3 Å². The maximum atomic E-state index is 3.95. The van der Waals surface area contributed by atoms with E-state index in [1.54, 1.807) is 0 Å². The third-order valence-corrected chi connectivity index (χ3v) is 3.41. The first-order valence-corrected chi connectivity index (χ1v) is 7.13. The Balaban J connectivity index is 2.64. The van der Waals surface area contributed by atoms with E-state index in [0.29, 0.717) is 0 Å². The molecule has 18 heavy (non-hydrogen) atoms. The summed E-state index contributed by atoms with van der Waals surface area (Å²) in [4.78, 5) is 2.27. The van der Waals surface area contributed by atoms with Gasteiger partial charge >= 0.3 is 0 Å². The summed E-state index contributed by atoms with van der Waals surface area (Å²) in [6, 6.07) is 6.59. The van der Waals surface area contributed by atoms with Crippen molar-refractivity contribution in [3.05, 3.63) is 46.0 Å². The number of rotatable bonds is 7. The van der Waals surface area contributed by atoms with Crippen LogP contribution < -0.4 is 5.32 Å². The van der Waals surface area contributed by atoms with Crippen molar-refractivity contribution >= 4 is 15.9 Å². The van der Waals surface area contributed by atoms with Gasteiger partial charge < -0.3 is 5.32 Å². The summed E-state index contributed by atoms with van der Waals surface area (Å²) in [5.74, 6) is 0. The first-order valence-electron chi connectivity index (χ1n) is 6.34. The van der Waals surface area contributed by atoms with Gasteiger partial charge in [0.25, 0.3) is 0 Å². The highest BCUT2D eigenvalue weighted by atomic mass is 79.9. The molecule has 0 saturated heterocycles. The first-order chi connectivity index (χ1) is 8.52. The van der Waals surface area contributed by atoms with Crippen molar-refractivity contribution in [2.45, 2.75) is 26.9 Å². The molecule has 1 N–H and O–H groups in total. The third kappa shape index (κ3) is 5.34. The zero-order valence-electron chi connectivity index (χ0n) is 11.6. The lowest BCUT2D eigenvalue weighted by Gasteiger charge is -2.18. The van der Waals surface area contributed by atoms with E-state index in [0.717, 1.165) is 26.2 Å². The Morgan fingerprint density at radius 1 is 1.44 bits per heavy atom. The van der Waals surface area contributed by atoms with Gasteiger partial charge in [-0.2, -0.15) is 0 Å². The van der Waals surface area contributed by atoms with E-state index in [1.807, 2.05) is 0 Å². The summed E-state index contributed by atoms with van der Waals surface area (Å²) in [5, 5.41) is 3.34. The number of nitrogens with one attached hydrogen (secondary N) is 1. The maximum Gasteiger partial charge on any atom is 0.0245 e. The predicted molar refractivity (Wildman–Crippen MR) is 82.7 cm³/mol. The molecule has 0 atom stereocenters. The van der Waals surface area contributed by atoms with E-state index in [2.05, 4.69) is 71.8 Å². The van der Waals surface area contributed by atoms with Gasteiger partial charge in [-0.3, -0.25) is 4.90 Å². The molecule has 2 nitrogen and oxygen atoms in total. The Morgan fingerprint density at radius 2 is 2.17 bits per heavy atom. The highest BCUT2D eigenvalue weighted by Crippen LogP contribution is 2.20. The predicted octanol–water partition coefficient (Wildman–Crippen LogP) is 3.57. The standard InChI is InChI=1S/C15H23BrN2/c1-5-17-9-13-6-7-14(15(16)8-13)11-18(4)10-12(2)3/h6-8,17H,2,5,9-11H2,1,3-4H3. The molecule has 1 rings (SSSR count). The van der Waals surface area contributed by atoms with E-state index in [4.69, 9.17) is 0 Å². The molecule has 100 valence electrons. The minimum absolute atomic E-state index is 0.928. The summed E-state index contributed by atoms with van der Waals surface area (Å²) in [7, 11) is 2.12. The van der Waals surface area contributed by atoms with E-state index in [1.165, 1.54) is 21.2 Å². The first kappa shape index (κ1) is 15.4. The van der Waals surface area contributed by atoms with Gasteiger partial charge in [0.05, 0.1) is 0 Å². The summed E-state index contributed by atoms with van der Waals surface area (Å²) >= 11 is 3.66. The number of nitrogens with zero attached hydrogens (tertiary/aromatic N) is 1. The smallest absolute Gasteiger partial charge is 0.0245 e. The van der Waals surface area contributed by atoms with Crippen molar-refractivity contribution < 1.29 is 0 Å². The van der Waals surface area contributed by atoms with Crippen LogP contribution in [0.25, 0.3) is 0 Å². The third-order valence-electron chi connectivity index (χ3n) is 2.68. The average molecular weight is 311 g/mol. The summed E-state index contributed by atoms with van der Waals surface area (Å²) in [6.45, 7) is 11.9. The minimum atomic E-state index is 0.928. The van der Waals surface area contributed by atoms with Gasteiger partial charge in [0.1, 0.15) is 0 Å². The Hall–Kier alpha value is -0.640. The van der Waals surface area contributed by atoms with E-state index in [-0.39, 0.29) is 0 Å². The van der Waals surface area contributed by atoms with Crippen LogP contribution in [-0.4, -0.2) is 25.0 Å². The quantitative estimate of drug-likeness (QED) is 0.775. The van der Waals surface area contributed by atoms with Crippen LogP contribution in [0.4, 0.5) is 0 Å². The van der Waals surface area contributed by atoms with E-state index < -0.39 is 0 Å². The fourth-order valence-corrected chi connectivity index (χ4v) is 2.46. The van der Waals surface area contributed by atoms with Gasteiger partial charge in [-0.1, -0.05) is 47.1 Å². The van der Waals surface area contributed by atoms with Crippen LogP contribution in [-0.2, 0) is 13.1 Å². The highest BCUT2D eigenvalue weighted by molar-refractivity contribution is 9.10. The molecule has 0 amide bonds. The van der Waals surface area contributed by atoms with Crippen molar-refractivity contribution in [1.82, 2.24) is 10.2 Å². The molecule has 0 radical (unpaired) electrons. The fraction of sp³-hybridized carbons (Fsp3) is 0.467. The fourth-order valence-electron chi connectivity index (χ4n) is 1.91. The van der Waals surface area contributed by atoms with Crippen molar-refractivity contribution in [2.75, 3.05) is 20.1 Å². The van der Waals surface area contributed by atoms with Gasteiger partial charge in [0.15, 0.2) is 0 Å². The number of hydrogen-bond donors (Lipinski definition) is 1. The zero-order valence-corrected chi connectivity index (χ0v) is 13.2. The van der Waals surface area contributed by atoms with Crippen LogP contribution in [0.2, 0.25) is 0 Å². The molecule has 3 heteroatoms. The number of halogens is 1. The molecule has 1 aromatic carbocycles. The largest absolute Gasteiger partial charge is 0.313 e. The lowest BCUT2D eigenvalue weighted by molar-refractivity contribution is 0.355. The Labute approximate surface area is 119 Å². The molecule has 1 aromatic rings. The molecule has 0 saturated carbocycles. The summed E-state index contributed by atoms with van der Waals surface area (Å²) in [6.07, 6.45) is 0. The molecule has 0 fully saturated rings. The molecular formula is C15H23BrN2. The summed E-state index contributed by atoms with van der Waals surface area (Å²) < 4.78 is 1.19. The van der Waals surface area contributed by atoms with Crippen LogP contribution in [0, 0.1) is 0 Å². The normalized spacial score (nSPS) is 10.9. The zero-order chi connectivity index (χ0) is 13.5. The molecule has 0 aromatic heterocycles. The van der Waals surface area contributed by atoms with Crippen LogP contribution in [0.1, 0.15) is 25.0 Å². The van der Waals surface area contributed by atoms with Crippen LogP contribution in [0.15, 0.2) is 34.8 Å². The van der Waals surface area contributed by atoms with E-state index >= 15 is 0 Å². The van der Waals surface area contributed by atoms with Gasteiger partial charge in [-0.15, -0.1) is 0 Å². The van der Waals surface area contributed by atoms with Crippen LogP contribution in [0.5, 0.6) is 0 Å². The lowest BCUT2D eigenvalue weighted by atomic mass is 10.1. The molecule has 0 aliphatic rings. The molecular weight excluding hydrogens is 288 g/mol. The highest BCUT2D eigenvalue weighted by Gasteiger charge is 2.05. The van der Waals surface area contributed by atoms with Gasteiger partial charge in [0.2, 0.25) is 0 Å². The van der Waals surface area contributed by atoms with E-state index in [9.17, 15) is 0 Å². The maximum absolute atomic E-state index is 3.95. The van der Waals surface area contributed by atoms with Crippen molar-refractivity contribution in [1.29, 1.82) is 0 Å². The second-order valence-corrected chi connectivity index (χ2v) is 5.69. The van der Waals surface area contributed by atoms with Gasteiger partial charge in [-0.05, 0) is 37.7 Å². The summed E-state index contributed by atoms with van der Waals surface area (Å²) in [5.41, 5.74) is 3.83. The van der Waals surface area contributed by atoms with Crippen molar-refractivity contribution in [3.8, 4) is 0 Å². The second-order valence-electron chi connectivity index (χ2n) is 4.84. The molecule has 0 aliphatic heterocycles. The van der Waals surface area contributed by atoms with Crippen LogP contribution in [0.3, 0.4) is 0 Å². The van der Waals surface area contributed by atoms with Crippen molar-refractivity contribution in [2.24, 2.45) is 0 Å². The molecule has 0 aliphatic carbocycles. The number of hydrogen-bond acceptors (Lipinski definition) is 2. The van der Waals surface area contributed by atoms with Crippen molar-refractivity contribution in [3.63, 3.8) is 0 Å². The number of likely N-dealkylation sites (N-methyl/N-ethyl adjacent to an activating group) is 1.